The first-order valence-electron chi connectivity index (χ1n) is 13.6. The molecule has 3 aromatic carbocycles. The second kappa shape index (κ2) is 11.8. The summed E-state index contributed by atoms with van der Waals surface area (Å²) in [5.41, 5.74) is 3.83. The van der Waals surface area contributed by atoms with Crippen LogP contribution in [0.1, 0.15) is 22.7 Å². The number of nitrogens with zero attached hydrogens (tertiary/aromatic N) is 4. The minimum absolute atomic E-state index is 0.0775. The number of pyridine rings is 1. The first kappa shape index (κ1) is 28.3. The standard InChI is InChI=1S/C32H29N5O5S/c1-20-9-7-14-26-28(20)37(32(39)42-19-21-10-5-4-6-11-21)27(18-33-26)25-15-22-17-34-31(43(3)40)35-29(22)36(30(25)38)23-12-8-13-24(16-23)41-2/h4-17,27,33H,18-19H2,1-3H3. The summed E-state index contributed by atoms with van der Waals surface area (Å²) in [6.07, 6.45) is 2.45. The zero-order valence-corrected chi connectivity index (χ0v) is 24.6. The molecule has 0 spiro atoms. The van der Waals surface area contributed by atoms with Gasteiger partial charge < -0.3 is 19.3 Å². The molecule has 2 unspecified atom stereocenters. The minimum atomic E-state index is -1.47. The normalized spacial score (nSPS) is 15.0. The maximum atomic E-state index is 14.5. The van der Waals surface area contributed by atoms with Crippen LogP contribution in [0.15, 0.2) is 95.0 Å². The second-order valence-corrected chi connectivity index (χ2v) is 11.4. The number of benzene rings is 3. The van der Waals surface area contributed by atoms with Crippen molar-refractivity contribution in [2.45, 2.75) is 24.7 Å². The molecule has 0 fully saturated rings. The van der Waals surface area contributed by atoms with E-state index in [9.17, 15) is 14.1 Å². The number of aryl methyl sites for hydroxylation is 1. The van der Waals surface area contributed by atoms with Gasteiger partial charge in [0.2, 0.25) is 0 Å². The average Bonchev–Trinajstić information content (AvgIpc) is 3.03. The number of methoxy groups -OCH3 is 1. The van der Waals surface area contributed by atoms with Gasteiger partial charge in [-0.1, -0.05) is 48.5 Å². The molecule has 6 rings (SSSR count). The van der Waals surface area contributed by atoms with Crippen molar-refractivity contribution in [2.24, 2.45) is 0 Å². The highest BCUT2D eigenvalue weighted by Gasteiger charge is 2.37. The SMILES string of the molecule is COc1cccc(-n2c(=O)c(C3CNc4cccc(C)c4N3C(=O)OCc3ccccc3)cc3cnc([S+](C)[O-])nc32)c1. The number of amides is 1. The average molecular weight is 596 g/mol. The van der Waals surface area contributed by atoms with Crippen LogP contribution in [0.5, 0.6) is 5.75 Å². The third-order valence-corrected chi connectivity index (χ3v) is 8.06. The molecule has 1 aliphatic rings. The molecule has 1 amide bonds. The number of para-hydroxylation sites is 1. The van der Waals surface area contributed by atoms with Crippen molar-refractivity contribution in [1.29, 1.82) is 0 Å². The zero-order chi connectivity index (χ0) is 30.1. The van der Waals surface area contributed by atoms with E-state index in [0.717, 1.165) is 16.8 Å². The van der Waals surface area contributed by atoms with Gasteiger partial charge in [0, 0.05) is 40.9 Å². The highest BCUT2D eigenvalue weighted by atomic mass is 32.2. The topological polar surface area (TPSA) is 122 Å². The number of anilines is 2. The van der Waals surface area contributed by atoms with E-state index in [-0.39, 0.29) is 18.3 Å². The summed E-state index contributed by atoms with van der Waals surface area (Å²) in [7, 11) is 1.54. The Balaban J connectivity index is 1.53. The first-order valence-corrected chi connectivity index (χ1v) is 15.2. The van der Waals surface area contributed by atoms with Crippen molar-refractivity contribution in [3.8, 4) is 11.4 Å². The number of carbonyl (C=O) groups excluding carboxylic acids is 1. The van der Waals surface area contributed by atoms with Crippen molar-refractivity contribution in [2.75, 3.05) is 30.1 Å². The fraction of sp³-hybridized carbons (Fsp3) is 0.188. The molecule has 0 aliphatic carbocycles. The van der Waals surface area contributed by atoms with Crippen LogP contribution >= 0.6 is 0 Å². The zero-order valence-electron chi connectivity index (χ0n) is 23.8. The van der Waals surface area contributed by atoms with Gasteiger partial charge in [-0.2, -0.15) is 9.97 Å². The highest BCUT2D eigenvalue weighted by molar-refractivity contribution is 7.90. The molecule has 11 heteroatoms. The molecule has 0 radical (unpaired) electrons. The van der Waals surface area contributed by atoms with Crippen molar-refractivity contribution in [3.05, 3.63) is 112 Å². The maximum absolute atomic E-state index is 14.5. The van der Waals surface area contributed by atoms with Gasteiger partial charge in [0.05, 0.1) is 30.2 Å². The van der Waals surface area contributed by atoms with Crippen LogP contribution in [-0.2, 0) is 22.5 Å². The lowest BCUT2D eigenvalue weighted by Gasteiger charge is -2.38. The molecule has 43 heavy (non-hydrogen) atoms. The number of carbonyl (C=O) groups is 1. The molecular weight excluding hydrogens is 566 g/mol. The summed E-state index contributed by atoms with van der Waals surface area (Å²) in [5, 5.41) is 4.04. The molecule has 2 aromatic heterocycles. The number of rotatable bonds is 6. The fourth-order valence-corrected chi connectivity index (χ4v) is 5.72. The Labute approximate surface area is 251 Å². The number of aromatic nitrogens is 3. The van der Waals surface area contributed by atoms with E-state index in [1.54, 1.807) is 48.5 Å². The summed E-state index contributed by atoms with van der Waals surface area (Å²) >= 11 is -1.47. The van der Waals surface area contributed by atoms with Gasteiger partial charge in [0.15, 0.2) is 5.65 Å². The molecule has 3 heterocycles. The molecular formula is C32H29N5O5S. The van der Waals surface area contributed by atoms with Crippen LogP contribution in [0, 0.1) is 6.92 Å². The summed E-state index contributed by atoms with van der Waals surface area (Å²) in [4.78, 5) is 38.7. The number of ether oxygens (including phenoxy) is 2. The van der Waals surface area contributed by atoms with Gasteiger partial charge in [0.1, 0.15) is 18.6 Å². The number of fused-ring (bicyclic) bond motifs is 2. The predicted octanol–water partition coefficient (Wildman–Crippen LogP) is 5.15. The van der Waals surface area contributed by atoms with Crippen LogP contribution in [0.2, 0.25) is 0 Å². The van der Waals surface area contributed by atoms with Crippen molar-refractivity contribution in [1.82, 2.24) is 14.5 Å². The Morgan fingerprint density at radius 3 is 2.65 bits per heavy atom. The molecule has 0 bridgehead atoms. The van der Waals surface area contributed by atoms with E-state index >= 15 is 0 Å². The van der Waals surface area contributed by atoms with Crippen LogP contribution in [0.25, 0.3) is 16.7 Å². The fourth-order valence-electron chi connectivity index (χ4n) is 5.30. The Kier molecular flexibility index (Phi) is 7.75. The Hall–Kier alpha value is -4.87. The van der Waals surface area contributed by atoms with Crippen LogP contribution in [0.4, 0.5) is 16.2 Å². The first-order chi connectivity index (χ1) is 20.9. The van der Waals surface area contributed by atoms with Gasteiger partial charge >= 0.3 is 11.2 Å². The van der Waals surface area contributed by atoms with Gasteiger partial charge in [0.25, 0.3) is 5.56 Å². The van der Waals surface area contributed by atoms with Gasteiger partial charge in [-0.25, -0.2) is 4.79 Å². The molecule has 10 nitrogen and oxygen atoms in total. The number of nitrogens with one attached hydrogen (secondary N) is 1. The lowest BCUT2D eigenvalue weighted by Crippen LogP contribution is -2.45. The molecule has 1 aliphatic heterocycles. The van der Waals surface area contributed by atoms with Crippen molar-refractivity contribution in [3.63, 3.8) is 0 Å². The van der Waals surface area contributed by atoms with Crippen molar-refractivity contribution < 1.29 is 18.8 Å². The smallest absolute Gasteiger partial charge is 0.415 e. The van der Waals surface area contributed by atoms with Crippen LogP contribution in [0.3, 0.4) is 0 Å². The van der Waals surface area contributed by atoms with E-state index < -0.39 is 28.9 Å². The van der Waals surface area contributed by atoms with Gasteiger partial charge in [-0.05, 0) is 42.3 Å². The van der Waals surface area contributed by atoms with E-state index in [2.05, 4.69) is 15.3 Å². The molecule has 1 N–H and O–H groups in total. The monoisotopic (exact) mass is 595 g/mol. The minimum Gasteiger partial charge on any atom is -0.609 e. The summed E-state index contributed by atoms with van der Waals surface area (Å²) in [6, 6.07) is 23.2. The Morgan fingerprint density at radius 2 is 1.88 bits per heavy atom. The molecule has 2 atom stereocenters. The third-order valence-electron chi connectivity index (χ3n) is 7.35. The summed E-state index contributed by atoms with van der Waals surface area (Å²) in [6.45, 7) is 2.25. The Bertz CT molecular complexity index is 1880. The lowest BCUT2D eigenvalue weighted by atomic mass is 9.99. The summed E-state index contributed by atoms with van der Waals surface area (Å²) < 4.78 is 25.0. The van der Waals surface area contributed by atoms with E-state index in [1.807, 2.05) is 55.5 Å². The predicted molar refractivity (Wildman–Crippen MR) is 166 cm³/mol. The van der Waals surface area contributed by atoms with Crippen LogP contribution in [-0.4, -0.2) is 45.1 Å². The molecule has 218 valence electrons. The lowest BCUT2D eigenvalue weighted by molar-refractivity contribution is 0.144. The van der Waals surface area contributed by atoms with E-state index in [0.29, 0.717) is 33.7 Å². The molecule has 5 aromatic rings. The quantitative estimate of drug-likeness (QED) is 0.211. The second-order valence-electron chi connectivity index (χ2n) is 10.1. The molecule has 0 saturated carbocycles. The number of hydrogen-bond donors (Lipinski definition) is 1. The third kappa shape index (κ3) is 5.40. The largest absolute Gasteiger partial charge is 0.609 e. The highest BCUT2D eigenvalue weighted by Crippen LogP contribution is 2.40. The maximum Gasteiger partial charge on any atom is 0.415 e. The van der Waals surface area contributed by atoms with E-state index in [1.165, 1.54) is 10.8 Å². The van der Waals surface area contributed by atoms with Crippen LogP contribution < -0.4 is 20.5 Å². The van der Waals surface area contributed by atoms with Crippen molar-refractivity contribution >= 4 is 39.7 Å². The molecule has 0 saturated heterocycles. The van der Waals surface area contributed by atoms with Gasteiger partial charge in [-0.15, -0.1) is 0 Å². The number of hydrogen-bond acceptors (Lipinski definition) is 8. The van der Waals surface area contributed by atoms with E-state index in [4.69, 9.17) is 9.47 Å². The van der Waals surface area contributed by atoms with Gasteiger partial charge in [-0.3, -0.25) is 14.3 Å². The summed E-state index contributed by atoms with van der Waals surface area (Å²) in [5.74, 6) is 0.548. The Morgan fingerprint density at radius 1 is 1.09 bits per heavy atom.